The highest BCUT2D eigenvalue weighted by Gasteiger charge is 2.12. The highest BCUT2D eigenvalue weighted by Crippen LogP contribution is 2.12. The Bertz CT molecular complexity index is 436. The summed E-state index contributed by atoms with van der Waals surface area (Å²) >= 11 is 0. The molecule has 0 aromatic carbocycles. The molecule has 0 atom stereocenters. The van der Waals surface area contributed by atoms with Gasteiger partial charge in [-0.05, 0) is 18.1 Å². The summed E-state index contributed by atoms with van der Waals surface area (Å²) < 4.78 is 0. The molecule has 0 saturated heterocycles. The van der Waals surface area contributed by atoms with Gasteiger partial charge in [-0.3, -0.25) is 4.79 Å². The van der Waals surface area contributed by atoms with E-state index < -0.39 is 5.91 Å². The van der Waals surface area contributed by atoms with Crippen LogP contribution in [0.5, 0.6) is 0 Å². The topological polar surface area (TPSA) is 83.0 Å². The summed E-state index contributed by atoms with van der Waals surface area (Å²) in [7, 11) is 0. The van der Waals surface area contributed by atoms with Crippen LogP contribution in [0.15, 0.2) is 18.2 Å². The monoisotopic (exact) mass is 232 g/mol. The number of pyridine rings is 1. The highest BCUT2D eigenvalue weighted by molar-refractivity contribution is 5.79. The molecule has 1 aromatic heterocycles. The fourth-order valence-electron chi connectivity index (χ4n) is 1.53. The Morgan fingerprint density at radius 2 is 2.29 bits per heavy atom. The van der Waals surface area contributed by atoms with E-state index in [0.29, 0.717) is 24.0 Å². The van der Waals surface area contributed by atoms with E-state index in [0.717, 1.165) is 0 Å². The molecule has 0 aliphatic rings. The van der Waals surface area contributed by atoms with E-state index in [1.165, 1.54) is 0 Å². The first kappa shape index (κ1) is 13.0. The second-order valence-electron chi connectivity index (χ2n) is 4.23. The smallest absolute Gasteiger partial charge is 0.236 e. The summed E-state index contributed by atoms with van der Waals surface area (Å²) in [6.07, 6.45) is 0. The minimum Gasteiger partial charge on any atom is -0.368 e. The summed E-state index contributed by atoms with van der Waals surface area (Å²) in [5.74, 6) is 0.577. The zero-order valence-electron chi connectivity index (χ0n) is 10.1. The van der Waals surface area contributed by atoms with Gasteiger partial charge >= 0.3 is 0 Å². The van der Waals surface area contributed by atoms with Crippen LogP contribution in [0.3, 0.4) is 0 Å². The lowest BCUT2D eigenvalue weighted by molar-refractivity contribution is -0.116. The van der Waals surface area contributed by atoms with E-state index in [9.17, 15) is 4.79 Å². The molecule has 0 aliphatic heterocycles. The van der Waals surface area contributed by atoms with E-state index in [-0.39, 0.29) is 6.54 Å². The minimum atomic E-state index is -0.408. The number of carbonyl (C=O) groups excluding carboxylic acids is 1. The van der Waals surface area contributed by atoms with Gasteiger partial charge in [0.2, 0.25) is 5.91 Å². The van der Waals surface area contributed by atoms with Gasteiger partial charge < -0.3 is 10.6 Å². The van der Waals surface area contributed by atoms with E-state index >= 15 is 0 Å². The molecule has 5 nitrogen and oxygen atoms in total. The molecule has 1 aromatic rings. The van der Waals surface area contributed by atoms with Crippen LogP contribution in [-0.4, -0.2) is 24.0 Å². The van der Waals surface area contributed by atoms with Crippen LogP contribution in [0.25, 0.3) is 0 Å². The lowest BCUT2D eigenvalue weighted by Gasteiger charge is -2.24. The Labute approximate surface area is 101 Å². The first-order valence-corrected chi connectivity index (χ1v) is 5.43. The Hall–Kier alpha value is -2.09. The number of primary amides is 1. The van der Waals surface area contributed by atoms with Crippen molar-refractivity contribution in [1.29, 1.82) is 5.26 Å². The Balaban J connectivity index is 2.95. The number of nitrogens with zero attached hydrogens (tertiary/aromatic N) is 3. The molecule has 1 rings (SSSR count). The van der Waals surface area contributed by atoms with Gasteiger partial charge in [-0.1, -0.05) is 19.9 Å². The molecule has 90 valence electrons. The molecule has 0 fully saturated rings. The van der Waals surface area contributed by atoms with Crippen molar-refractivity contribution in [2.45, 2.75) is 13.8 Å². The van der Waals surface area contributed by atoms with Gasteiger partial charge in [0.05, 0.1) is 6.54 Å². The predicted molar refractivity (Wildman–Crippen MR) is 65.2 cm³/mol. The van der Waals surface area contributed by atoms with Crippen molar-refractivity contribution in [2.75, 3.05) is 18.0 Å². The highest BCUT2D eigenvalue weighted by atomic mass is 16.1. The molecular formula is C12H16N4O. The Morgan fingerprint density at radius 1 is 1.59 bits per heavy atom. The summed E-state index contributed by atoms with van der Waals surface area (Å²) in [4.78, 5) is 16.9. The van der Waals surface area contributed by atoms with Gasteiger partial charge in [0.1, 0.15) is 17.6 Å². The summed E-state index contributed by atoms with van der Waals surface area (Å²) in [6, 6.07) is 7.12. The fourth-order valence-corrected chi connectivity index (χ4v) is 1.53. The number of nitrogens with two attached hydrogens (primary N) is 1. The van der Waals surface area contributed by atoms with Gasteiger partial charge in [-0.2, -0.15) is 5.26 Å². The average Bonchev–Trinajstić information content (AvgIpc) is 2.27. The van der Waals surface area contributed by atoms with Crippen molar-refractivity contribution in [3.8, 4) is 6.07 Å². The van der Waals surface area contributed by atoms with E-state index in [2.05, 4.69) is 4.98 Å². The molecule has 0 saturated carbocycles. The third kappa shape index (κ3) is 4.11. The van der Waals surface area contributed by atoms with Gasteiger partial charge in [0, 0.05) is 6.54 Å². The molecule has 1 amide bonds. The number of amides is 1. The molecular weight excluding hydrogens is 216 g/mol. The summed E-state index contributed by atoms with van der Waals surface area (Å²) in [5.41, 5.74) is 5.54. The number of rotatable bonds is 5. The molecule has 1 heterocycles. The van der Waals surface area contributed by atoms with Crippen molar-refractivity contribution in [3.63, 3.8) is 0 Å². The van der Waals surface area contributed by atoms with Crippen LogP contribution >= 0.6 is 0 Å². The second-order valence-corrected chi connectivity index (χ2v) is 4.23. The SMILES string of the molecule is CC(C)CN(CC(N)=O)c1cccc(C#N)n1. The van der Waals surface area contributed by atoms with Crippen LogP contribution in [0, 0.1) is 17.2 Å². The summed E-state index contributed by atoms with van der Waals surface area (Å²) in [6.45, 7) is 4.87. The number of nitriles is 1. The van der Waals surface area contributed by atoms with E-state index in [4.69, 9.17) is 11.0 Å². The number of carbonyl (C=O) groups is 1. The predicted octanol–water partition coefficient (Wildman–Crippen LogP) is 0.901. The number of hydrogen-bond donors (Lipinski definition) is 1. The van der Waals surface area contributed by atoms with Gasteiger partial charge in [0.15, 0.2) is 0 Å². The van der Waals surface area contributed by atoms with Crippen molar-refractivity contribution in [1.82, 2.24) is 4.98 Å². The quantitative estimate of drug-likeness (QED) is 0.817. The minimum absolute atomic E-state index is 0.111. The van der Waals surface area contributed by atoms with E-state index in [1.807, 2.05) is 19.9 Å². The zero-order chi connectivity index (χ0) is 12.8. The van der Waals surface area contributed by atoms with Crippen LogP contribution < -0.4 is 10.6 Å². The normalized spacial score (nSPS) is 10.0. The maximum Gasteiger partial charge on any atom is 0.236 e. The Morgan fingerprint density at radius 3 is 2.82 bits per heavy atom. The Kier molecular flexibility index (Phi) is 4.46. The first-order valence-electron chi connectivity index (χ1n) is 5.43. The van der Waals surface area contributed by atoms with Gasteiger partial charge in [-0.15, -0.1) is 0 Å². The largest absolute Gasteiger partial charge is 0.368 e. The third-order valence-corrected chi connectivity index (χ3v) is 2.11. The lowest BCUT2D eigenvalue weighted by Crippen LogP contribution is -2.36. The standard InChI is InChI=1S/C12H16N4O/c1-9(2)7-16(8-11(14)17)12-5-3-4-10(6-13)15-12/h3-5,9H,7-8H2,1-2H3,(H2,14,17). The lowest BCUT2D eigenvalue weighted by atomic mass is 10.2. The molecule has 0 aliphatic carbocycles. The van der Waals surface area contributed by atoms with Crippen LogP contribution in [-0.2, 0) is 4.79 Å². The molecule has 0 radical (unpaired) electrons. The molecule has 0 spiro atoms. The van der Waals surface area contributed by atoms with Crippen LogP contribution in [0.2, 0.25) is 0 Å². The molecule has 5 heteroatoms. The second kappa shape index (κ2) is 5.85. The van der Waals surface area contributed by atoms with Gasteiger partial charge in [0.25, 0.3) is 0 Å². The average molecular weight is 232 g/mol. The van der Waals surface area contributed by atoms with Crippen LogP contribution in [0.4, 0.5) is 5.82 Å². The molecule has 17 heavy (non-hydrogen) atoms. The van der Waals surface area contributed by atoms with Crippen molar-refractivity contribution in [3.05, 3.63) is 23.9 Å². The zero-order valence-corrected chi connectivity index (χ0v) is 10.1. The number of hydrogen-bond acceptors (Lipinski definition) is 4. The van der Waals surface area contributed by atoms with Crippen molar-refractivity contribution in [2.24, 2.45) is 11.7 Å². The number of aromatic nitrogens is 1. The summed E-state index contributed by atoms with van der Waals surface area (Å²) in [5, 5.41) is 8.78. The maximum absolute atomic E-state index is 11.0. The van der Waals surface area contributed by atoms with Crippen molar-refractivity contribution >= 4 is 11.7 Å². The van der Waals surface area contributed by atoms with Crippen LogP contribution in [0.1, 0.15) is 19.5 Å². The van der Waals surface area contributed by atoms with E-state index in [1.54, 1.807) is 23.1 Å². The first-order chi connectivity index (χ1) is 8.02. The third-order valence-electron chi connectivity index (χ3n) is 2.11. The van der Waals surface area contributed by atoms with Gasteiger partial charge in [-0.25, -0.2) is 4.98 Å². The fraction of sp³-hybridized carbons (Fsp3) is 0.417. The maximum atomic E-state index is 11.0. The molecule has 2 N–H and O–H groups in total. The van der Waals surface area contributed by atoms with Crippen molar-refractivity contribution < 1.29 is 4.79 Å². The molecule has 0 bridgehead atoms. The number of anilines is 1. The molecule has 0 unspecified atom stereocenters.